The first kappa shape index (κ1) is 16.9. The maximum atomic E-state index is 12.3. The highest BCUT2D eigenvalue weighted by molar-refractivity contribution is 5.78. The molecule has 1 aromatic heterocycles. The van der Waals surface area contributed by atoms with Crippen molar-refractivity contribution in [3.8, 4) is 0 Å². The molecule has 2 saturated heterocycles. The van der Waals surface area contributed by atoms with Gasteiger partial charge >= 0.3 is 0 Å². The van der Waals surface area contributed by atoms with E-state index in [1.807, 2.05) is 21.9 Å². The van der Waals surface area contributed by atoms with Gasteiger partial charge in [0.1, 0.15) is 0 Å². The Morgan fingerprint density at radius 3 is 2.62 bits per heavy atom. The number of pyridine rings is 1. The SMILES string of the molecule is CNCC(=O)N1CCC2(CCC(=O)N(Cc3ccncc3)C2)CC1. The van der Waals surface area contributed by atoms with Crippen LogP contribution in [-0.2, 0) is 16.1 Å². The van der Waals surface area contributed by atoms with E-state index in [0.717, 1.165) is 44.5 Å². The lowest BCUT2D eigenvalue weighted by molar-refractivity contribution is -0.142. The number of hydrogen-bond acceptors (Lipinski definition) is 4. The van der Waals surface area contributed by atoms with Crippen LogP contribution in [0.15, 0.2) is 24.5 Å². The number of hydrogen-bond donors (Lipinski definition) is 1. The maximum Gasteiger partial charge on any atom is 0.236 e. The van der Waals surface area contributed by atoms with Crippen molar-refractivity contribution < 1.29 is 9.59 Å². The Bertz CT molecular complexity index is 582. The van der Waals surface area contributed by atoms with Crippen molar-refractivity contribution >= 4 is 11.8 Å². The molecule has 2 aliphatic rings. The van der Waals surface area contributed by atoms with E-state index in [4.69, 9.17) is 0 Å². The highest BCUT2D eigenvalue weighted by atomic mass is 16.2. The third-order valence-electron chi connectivity index (χ3n) is 5.38. The van der Waals surface area contributed by atoms with E-state index >= 15 is 0 Å². The van der Waals surface area contributed by atoms with Crippen LogP contribution in [0.25, 0.3) is 0 Å². The monoisotopic (exact) mass is 330 g/mol. The smallest absolute Gasteiger partial charge is 0.236 e. The minimum Gasteiger partial charge on any atom is -0.342 e. The fourth-order valence-electron chi connectivity index (χ4n) is 3.86. The zero-order valence-electron chi connectivity index (χ0n) is 14.3. The number of likely N-dealkylation sites (N-methyl/N-ethyl adjacent to an activating group) is 1. The molecular formula is C18H26N4O2. The van der Waals surface area contributed by atoms with Gasteiger partial charge in [0, 0.05) is 45.0 Å². The fraction of sp³-hybridized carbons (Fsp3) is 0.611. The van der Waals surface area contributed by atoms with E-state index in [-0.39, 0.29) is 17.2 Å². The molecule has 6 heteroatoms. The molecule has 0 aromatic carbocycles. The second-order valence-electron chi connectivity index (χ2n) is 7.02. The normalized spacial score (nSPS) is 20.5. The van der Waals surface area contributed by atoms with Gasteiger partial charge in [0.2, 0.25) is 11.8 Å². The molecule has 0 atom stereocenters. The molecule has 1 spiro atoms. The van der Waals surface area contributed by atoms with Gasteiger partial charge in [-0.15, -0.1) is 0 Å². The predicted octanol–water partition coefficient (Wildman–Crippen LogP) is 1.03. The first-order valence-corrected chi connectivity index (χ1v) is 8.71. The number of aromatic nitrogens is 1. The number of amides is 2. The van der Waals surface area contributed by atoms with Crippen molar-refractivity contribution in [1.82, 2.24) is 20.1 Å². The summed E-state index contributed by atoms with van der Waals surface area (Å²) in [6, 6.07) is 3.93. The molecule has 3 heterocycles. The summed E-state index contributed by atoms with van der Waals surface area (Å²) in [6.07, 6.45) is 7.09. The van der Waals surface area contributed by atoms with Crippen molar-refractivity contribution in [3.63, 3.8) is 0 Å². The molecule has 0 bridgehead atoms. The van der Waals surface area contributed by atoms with Crippen LogP contribution < -0.4 is 5.32 Å². The largest absolute Gasteiger partial charge is 0.342 e. The molecule has 130 valence electrons. The minimum absolute atomic E-state index is 0.174. The quantitative estimate of drug-likeness (QED) is 0.896. The van der Waals surface area contributed by atoms with Crippen LogP contribution in [0.1, 0.15) is 31.2 Å². The van der Waals surface area contributed by atoms with Crippen LogP contribution in [-0.4, -0.2) is 59.8 Å². The minimum atomic E-state index is 0.174. The van der Waals surface area contributed by atoms with Crippen LogP contribution in [0.2, 0.25) is 0 Å². The molecule has 0 aliphatic carbocycles. The molecule has 24 heavy (non-hydrogen) atoms. The van der Waals surface area contributed by atoms with Gasteiger partial charge in [-0.3, -0.25) is 14.6 Å². The zero-order chi connectivity index (χ0) is 17.0. The second kappa shape index (κ2) is 7.30. The number of carbonyl (C=O) groups excluding carboxylic acids is 2. The summed E-state index contributed by atoms with van der Waals surface area (Å²) >= 11 is 0. The molecule has 2 amide bonds. The molecule has 6 nitrogen and oxygen atoms in total. The molecule has 3 rings (SSSR count). The van der Waals surface area contributed by atoms with Gasteiger partial charge in [0.05, 0.1) is 6.54 Å². The third kappa shape index (κ3) is 3.75. The van der Waals surface area contributed by atoms with Crippen molar-refractivity contribution in [2.75, 3.05) is 33.2 Å². The lowest BCUT2D eigenvalue weighted by Gasteiger charge is -2.47. The van der Waals surface area contributed by atoms with E-state index in [9.17, 15) is 9.59 Å². The number of nitrogens with zero attached hydrogens (tertiary/aromatic N) is 3. The summed E-state index contributed by atoms with van der Waals surface area (Å²) in [5.74, 6) is 0.416. The van der Waals surface area contributed by atoms with E-state index in [1.54, 1.807) is 19.4 Å². The van der Waals surface area contributed by atoms with Gasteiger partial charge in [-0.25, -0.2) is 0 Å². The van der Waals surface area contributed by atoms with Gasteiger partial charge in [-0.05, 0) is 49.4 Å². The van der Waals surface area contributed by atoms with E-state index in [1.165, 1.54) is 0 Å². The molecule has 2 fully saturated rings. The van der Waals surface area contributed by atoms with E-state index in [2.05, 4.69) is 10.3 Å². The molecule has 0 saturated carbocycles. The predicted molar refractivity (Wildman–Crippen MR) is 91.1 cm³/mol. The molecule has 1 aromatic rings. The number of rotatable bonds is 4. The third-order valence-corrected chi connectivity index (χ3v) is 5.38. The summed E-state index contributed by atoms with van der Waals surface area (Å²) in [4.78, 5) is 32.3. The molecule has 1 N–H and O–H groups in total. The summed E-state index contributed by atoms with van der Waals surface area (Å²) in [5.41, 5.74) is 1.30. The van der Waals surface area contributed by atoms with Gasteiger partial charge < -0.3 is 15.1 Å². The van der Waals surface area contributed by atoms with Crippen molar-refractivity contribution in [3.05, 3.63) is 30.1 Å². The van der Waals surface area contributed by atoms with Crippen molar-refractivity contribution in [2.45, 2.75) is 32.2 Å². The lowest BCUT2D eigenvalue weighted by Crippen LogP contribution is -2.52. The van der Waals surface area contributed by atoms with E-state index < -0.39 is 0 Å². The Kier molecular flexibility index (Phi) is 5.14. The van der Waals surface area contributed by atoms with Crippen LogP contribution in [0.3, 0.4) is 0 Å². The molecular weight excluding hydrogens is 304 g/mol. The Morgan fingerprint density at radius 2 is 1.96 bits per heavy atom. The van der Waals surface area contributed by atoms with Crippen LogP contribution >= 0.6 is 0 Å². The van der Waals surface area contributed by atoms with Crippen LogP contribution in [0.5, 0.6) is 0 Å². The highest BCUT2D eigenvalue weighted by Crippen LogP contribution is 2.40. The Hall–Kier alpha value is -1.95. The summed E-state index contributed by atoms with van der Waals surface area (Å²) in [7, 11) is 1.80. The molecule has 2 aliphatic heterocycles. The topological polar surface area (TPSA) is 65.5 Å². The second-order valence-corrected chi connectivity index (χ2v) is 7.02. The number of piperidine rings is 2. The van der Waals surface area contributed by atoms with Crippen LogP contribution in [0, 0.1) is 5.41 Å². The van der Waals surface area contributed by atoms with Gasteiger partial charge in [-0.1, -0.05) is 0 Å². The van der Waals surface area contributed by atoms with Crippen molar-refractivity contribution in [2.24, 2.45) is 5.41 Å². The number of carbonyl (C=O) groups is 2. The average Bonchev–Trinajstić information content (AvgIpc) is 2.60. The number of likely N-dealkylation sites (tertiary alicyclic amines) is 2. The highest BCUT2D eigenvalue weighted by Gasteiger charge is 2.41. The lowest BCUT2D eigenvalue weighted by atomic mass is 9.72. The standard InChI is InChI=1S/C18H26N4O2/c1-19-12-17(24)21-10-6-18(7-11-21)5-2-16(23)22(14-18)13-15-3-8-20-9-4-15/h3-4,8-9,19H,2,5-7,10-14H2,1H3. The summed E-state index contributed by atoms with van der Waals surface area (Å²) in [6.45, 7) is 3.48. The van der Waals surface area contributed by atoms with E-state index in [0.29, 0.717) is 19.5 Å². The first-order valence-electron chi connectivity index (χ1n) is 8.71. The van der Waals surface area contributed by atoms with Crippen LogP contribution in [0.4, 0.5) is 0 Å². The first-order chi connectivity index (χ1) is 11.6. The Balaban J connectivity index is 1.61. The zero-order valence-corrected chi connectivity index (χ0v) is 14.3. The van der Waals surface area contributed by atoms with Gasteiger partial charge in [-0.2, -0.15) is 0 Å². The Labute approximate surface area is 143 Å². The average molecular weight is 330 g/mol. The summed E-state index contributed by atoms with van der Waals surface area (Å²) < 4.78 is 0. The molecule has 0 unspecified atom stereocenters. The van der Waals surface area contributed by atoms with Gasteiger partial charge in [0.15, 0.2) is 0 Å². The van der Waals surface area contributed by atoms with Crippen molar-refractivity contribution in [1.29, 1.82) is 0 Å². The maximum absolute atomic E-state index is 12.3. The summed E-state index contributed by atoms with van der Waals surface area (Å²) in [5, 5.41) is 2.93. The van der Waals surface area contributed by atoms with Gasteiger partial charge in [0.25, 0.3) is 0 Å². The molecule has 0 radical (unpaired) electrons. The Morgan fingerprint density at radius 1 is 1.25 bits per heavy atom. The number of nitrogens with one attached hydrogen (secondary N) is 1. The fourth-order valence-corrected chi connectivity index (χ4v) is 3.86.